The van der Waals surface area contributed by atoms with Crippen LogP contribution in [0.15, 0.2) is 36.5 Å². The van der Waals surface area contributed by atoms with Gasteiger partial charge in [0.1, 0.15) is 0 Å². The summed E-state index contributed by atoms with van der Waals surface area (Å²) in [6, 6.07) is 8.92. The first-order chi connectivity index (χ1) is 9.68. The molecule has 1 aromatic carbocycles. The summed E-state index contributed by atoms with van der Waals surface area (Å²) in [5.41, 5.74) is 2.61. The first kappa shape index (κ1) is 11.2. The highest BCUT2D eigenvalue weighted by molar-refractivity contribution is 6.21. The number of rotatable bonds is 0. The lowest BCUT2D eigenvalue weighted by molar-refractivity contribution is -0.118. The topological polar surface area (TPSA) is 62.3 Å². The van der Waals surface area contributed by atoms with Crippen LogP contribution in [0.2, 0.25) is 0 Å². The standard InChI is InChI=1S/C15H11N3O2/c1-8-9-4-2-5-10-12(9)18(15(8)20)13-11(17-14(10)19)6-3-7-16-13/h2-8H,1H3,(H,17,19). The van der Waals surface area contributed by atoms with Crippen LogP contribution in [-0.4, -0.2) is 16.8 Å². The number of nitrogens with one attached hydrogen (secondary N) is 1. The molecule has 5 heteroatoms. The molecule has 1 N–H and O–H groups in total. The van der Waals surface area contributed by atoms with Gasteiger partial charge in [-0.1, -0.05) is 12.1 Å². The Balaban J connectivity index is 2.10. The van der Waals surface area contributed by atoms with Gasteiger partial charge in [0, 0.05) is 6.20 Å². The van der Waals surface area contributed by atoms with Crippen molar-refractivity contribution in [2.45, 2.75) is 12.8 Å². The number of hydrogen-bond donors (Lipinski definition) is 1. The van der Waals surface area contributed by atoms with Crippen molar-refractivity contribution in [2.75, 3.05) is 10.2 Å². The van der Waals surface area contributed by atoms with Crippen LogP contribution in [0.4, 0.5) is 17.2 Å². The SMILES string of the molecule is CC1C(=O)N2c3ncccc3NC(=O)c3cccc1c32. The fraction of sp³-hybridized carbons (Fsp3) is 0.133. The molecule has 0 spiro atoms. The number of carbonyl (C=O) groups is 2. The maximum Gasteiger partial charge on any atom is 0.257 e. The average Bonchev–Trinajstić information content (AvgIpc) is 2.64. The minimum Gasteiger partial charge on any atom is -0.319 e. The largest absolute Gasteiger partial charge is 0.319 e. The summed E-state index contributed by atoms with van der Waals surface area (Å²) in [4.78, 5) is 30.7. The van der Waals surface area contributed by atoms with Crippen molar-refractivity contribution in [1.29, 1.82) is 0 Å². The molecule has 4 rings (SSSR count). The van der Waals surface area contributed by atoms with E-state index in [1.807, 2.05) is 19.1 Å². The highest BCUT2D eigenvalue weighted by Crippen LogP contribution is 2.46. The summed E-state index contributed by atoms with van der Waals surface area (Å²) in [6.07, 6.45) is 1.62. The maximum atomic E-state index is 12.5. The van der Waals surface area contributed by atoms with E-state index in [4.69, 9.17) is 0 Å². The smallest absolute Gasteiger partial charge is 0.257 e. The molecule has 0 aliphatic carbocycles. The number of pyridine rings is 1. The second-order valence-electron chi connectivity index (χ2n) is 4.97. The van der Waals surface area contributed by atoms with E-state index in [-0.39, 0.29) is 17.7 Å². The fourth-order valence-electron chi connectivity index (χ4n) is 2.85. The van der Waals surface area contributed by atoms with Gasteiger partial charge < -0.3 is 5.32 Å². The van der Waals surface area contributed by atoms with Crippen molar-refractivity contribution in [2.24, 2.45) is 0 Å². The molecule has 2 aliphatic rings. The zero-order chi connectivity index (χ0) is 13.9. The Hall–Kier alpha value is -2.69. The molecular formula is C15H11N3O2. The van der Waals surface area contributed by atoms with Crippen LogP contribution >= 0.6 is 0 Å². The van der Waals surface area contributed by atoms with E-state index in [0.717, 1.165) is 5.56 Å². The monoisotopic (exact) mass is 265 g/mol. The van der Waals surface area contributed by atoms with Crippen LogP contribution in [0.1, 0.15) is 28.8 Å². The minimum atomic E-state index is -0.259. The van der Waals surface area contributed by atoms with Crippen molar-refractivity contribution in [1.82, 2.24) is 4.98 Å². The number of hydrogen-bond acceptors (Lipinski definition) is 3. The van der Waals surface area contributed by atoms with Crippen molar-refractivity contribution in [3.63, 3.8) is 0 Å². The van der Waals surface area contributed by atoms with Gasteiger partial charge in [-0.05, 0) is 30.7 Å². The number of para-hydroxylation sites is 1. The third kappa shape index (κ3) is 1.24. The summed E-state index contributed by atoms with van der Waals surface area (Å²) in [5, 5.41) is 2.81. The first-order valence-corrected chi connectivity index (χ1v) is 6.41. The molecule has 2 aliphatic heterocycles. The summed E-state index contributed by atoms with van der Waals surface area (Å²) in [5.74, 6) is -0.0310. The predicted octanol–water partition coefficient (Wildman–Crippen LogP) is 2.43. The number of benzene rings is 1. The summed E-state index contributed by atoms with van der Waals surface area (Å²) < 4.78 is 0. The van der Waals surface area contributed by atoms with Crippen LogP contribution < -0.4 is 10.2 Å². The zero-order valence-corrected chi connectivity index (χ0v) is 10.8. The molecule has 2 aromatic rings. The molecule has 3 heterocycles. The molecule has 1 atom stereocenters. The number of aromatic nitrogens is 1. The van der Waals surface area contributed by atoms with Crippen LogP contribution in [0.25, 0.3) is 0 Å². The third-order valence-corrected chi connectivity index (χ3v) is 3.84. The Morgan fingerprint density at radius 2 is 2.05 bits per heavy atom. The second kappa shape index (κ2) is 3.66. The quantitative estimate of drug-likeness (QED) is 0.795. The van der Waals surface area contributed by atoms with Gasteiger partial charge in [0.25, 0.3) is 5.91 Å². The van der Waals surface area contributed by atoms with Gasteiger partial charge in [-0.15, -0.1) is 0 Å². The van der Waals surface area contributed by atoms with E-state index in [9.17, 15) is 9.59 Å². The molecular weight excluding hydrogens is 254 g/mol. The van der Waals surface area contributed by atoms with Crippen LogP contribution in [0, 0.1) is 0 Å². The lowest BCUT2D eigenvalue weighted by Gasteiger charge is -2.17. The Bertz CT molecular complexity index is 769. The van der Waals surface area contributed by atoms with E-state index in [1.54, 1.807) is 29.3 Å². The molecule has 0 saturated carbocycles. The number of nitrogens with zero attached hydrogens (tertiary/aromatic N) is 2. The van der Waals surface area contributed by atoms with Gasteiger partial charge in [0.2, 0.25) is 5.91 Å². The lowest BCUT2D eigenvalue weighted by Crippen LogP contribution is -2.23. The van der Waals surface area contributed by atoms with E-state index < -0.39 is 0 Å². The van der Waals surface area contributed by atoms with Crippen molar-refractivity contribution in [3.8, 4) is 0 Å². The Kier molecular flexibility index (Phi) is 2.04. The summed E-state index contributed by atoms with van der Waals surface area (Å²) in [7, 11) is 0. The minimum absolute atomic E-state index is 0.0519. The molecule has 0 radical (unpaired) electrons. The molecule has 1 aromatic heterocycles. The molecule has 0 fully saturated rings. The molecule has 5 nitrogen and oxygen atoms in total. The fourth-order valence-corrected chi connectivity index (χ4v) is 2.85. The van der Waals surface area contributed by atoms with E-state index in [2.05, 4.69) is 10.3 Å². The third-order valence-electron chi connectivity index (χ3n) is 3.84. The van der Waals surface area contributed by atoms with E-state index in [1.165, 1.54) is 0 Å². The van der Waals surface area contributed by atoms with E-state index >= 15 is 0 Å². The van der Waals surface area contributed by atoms with Crippen LogP contribution in [0.3, 0.4) is 0 Å². The predicted molar refractivity (Wildman–Crippen MR) is 74.2 cm³/mol. The van der Waals surface area contributed by atoms with Crippen molar-refractivity contribution in [3.05, 3.63) is 47.7 Å². The van der Waals surface area contributed by atoms with Gasteiger partial charge in [0.15, 0.2) is 5.82 Å². The molecule has 0 bridgehead atoms. The molecule has 98 valence electrons. The van der Waals surface area contributed by atoms with Crippen LogP contribution in [0.5, 0.6) is 0 Å². The van der Waals surface area contributed by atoms with E-state index in [0.29, 0.717) is 22.8 Å². The van der Waals surface area contributed by atoms with Crippen molar-refractivity contribution >= 4 is 29.0 Å². The molecule has 1 unspecified atom stereocenters. The highest BCUT2D eigenvalue weighted by Gasteiger charge is 2.41. The van der Waals surface area contributed by atoms with Gasteiger partial charge in [-0.2, -0.15) is 0 Å². The number of anilines is 3. The summed E-state index contributed by atoms with van der Waals surface area (Å²) in [6.45, 7) is 1.85. The molecule has 0 saturated heterocycles. The normalized spacial score (nSPS) is 19.2. The molecule has 20 heavy (non-hydrogen) atoms. The number of carbonyl (C=O) groups excluding carboxylic acids is 2. The second-order valence-corrected chi connectivity index (χ2v) is 4.97. The zero-order valence-electron chi connectivity index (χ0n) is 10.8. The maximum absolute atomic E-state index is 12.5. The number of fused-ring (bicyclic) bond motifs is 2. The van der Waals surface area contributed by atoms with Crippen molar-refractivity contribution < 1.29 is 9.59 Å². The van der Waals surface area contributed by atoms with Gasteiger partial charge in [-0.25, -0.2) is 4.98 Å². The van der Waals surface area contributed by atoms with Gasteiger partial charge >= 0.3 is 0 Å². The molecule has 2 amide bonds. The Morgan fingerprint density at radius 3 is 2.90 bits per heavy atom. The van der Waals surface area contributed by atoms with Crippen LogP contribution in [-0.2, 0) is 4.79 Å². The Morgan fingerprint density at radius 1 is 1.20 bits per heavy atom. The van der Waals surface area contributed by atoms with Gasteiger partial charge in [-0.3, -0.25) is 14.5 Å². The first-order valence-electron chi connectivity index (χ1n) is 6.41. The highest BCUT2D eigenvalue weighted by atomic mass is 16.2. The summed E-state index contributed by atoms with van der Waals surface area (Å²) >= 11 is 0. The number of amides is 2. The Labute approximate surface area is 115 Å². The lowest BCUT2D eigenvalue weighted by atomic mass is 10.00. The van der Waals surface area contributed by atoms with Gasteiger partial charge in [0.05, 0.1) is 22.9 Å². The average molecular weight is 265 g/mol.